The maximum atomic E-state index is 11.0. The quantitative estimate of drug-likeness (QED) is 0.778. The predicted octanol–water partition coefficient (Wildman–Crippen LogP) is 2.01. The van der Waals surface area contributed by atoms with E-state index in [1.54, 1.807) is 12.1 Å². The van der Waals surface area contributed by atoms with Gasteiger partial charge in [-0.25, -0.2) is 4.79 Å². The maximum Gasteiger partial charge on any atom is 0.335 e. The van der Waals surface area contributed by atoms with Crippen LogP contribution >= 0.6 is 0 Å². The number of aromatic carboxylic acids is 1. The number of carboxylic acid groups (broad SMARTS) is 1. The van der Waals surface area contributed by atoms with Crippen LogP contribution < -0.4 is 0 Å². The summed E-state index contributed by atoms with van der Waals surface area (Å²) in [6, 6.07) is 7.07. The zero-order chi connectivity index (χ0) is 10.8. The first-order chi connectivity index (χ1) is 7.18. The Hall–Kier alpha value is -1.35. The number of benzene rings is 1. The first-order valence-electron chi connectivity index (χ1n) is 5.18. The van der Waals surface area contributed by atoms with Gasteiger partial charge in [-0.05, 0) is 36.8 Å². The molecule has 0 aliphatic heterocycles. The zero-order valence-corrected chi connectivity index (χ0v) is 8.39. The summed E-state index contributed by atoms with van der Waals surface area (Å²) < 4.78 is 0. The van der Waals surface area contributed by atoms with E-state index in [-0.39, 0.29) is 12.0 Å². The fourth-order valence-corrected chi connectivity index (χ4v) is 2.29. The van der Waals surface area contributed by atoms with Gasteiger partial charge in [-0.15, -0.1) is 0 Å². The molecular formula is C12H14O3. The standard InChI is InChI=1S/C12H14O3/c13-9-6-5-8(7-9)10-3-1-2-4-11(10)12(14)15/h1-4,8-9,13H,5-7H2,(H,14,15). The van der Waals surface area contributed by atoms with Gasteiger partial charge < -0.3 is 10.2 Å². The minimum Gasteiger partial charge on any atom is -0.478 e. The number of carbonyl (C=O) groups is 1. The van der Waals surface area contributed by atoms with Crippen molar-refractivity contribution in [2.24, 2.45) is 0 Å². The molecule has 1 fully saturated rings. The predicted molar refractivity (Wildman–Crippen MR) is 56.0 cm³/mol. The largest absolute Gasteiger partial charge is 0.478 e. The third kappa shape index (κ3) is 2.02. The van der Waals surface area contributed by atoms with Crippen LogP contribution in [0.5, 0.6) is 0 Å². The highest BCUT2D eigenvalue weighted by atomic mass is 16.4. The van der Waals surface area contributed by atoms with Gasteiger partial charge in [0.15, 0.2) is 0 Å². The SMILES string of the molecule is O=C(O)c1ccccc1C1CCC(O)C1. The molecule has 3 heteroatoms. The van der Waals surface area contributed by atoms with Crippen molar-refractivity contribution in [2.75, 3.05) is 0 Å². The molecule has 3 nitrogen and oxygen atoms in total. The van der Waals surface area contributed by atoms with Crippen LogP contribution in [0, 0.1) is 0 Å². The summed E-state index contributed by atoms with van der Waals surface area (Å²) in [4.78, 5) is 11.0. The molecule has 80 valence electrons. The number of hydrogen-bond acceptors (Lipinski definition) is 2. The molecule has 0 spiro atoms. The smallest absolute Gasteiger partial charge is 0.335 e. The van der Waals surface area contributed by atoms with Crippen molar-refractivity contribution < 1.29 is 15.0 Å². The Morgan fingerprint density at radius 2 is 2.00 bits per heavy atom. The van der Waals surface area contributed by atoms with Gasteiger partial charge in [0.25, 0.3) is 0 Å². The lowest BCUT2D eigenvalue weighted by Crippen LogP contribution is -2.06. The molecular weight excluding hydrogens is 192 g/mol. The summed E-state index contributed by atoms with van der Waals surface area (Å²) in [5.41, 5.74) is 1.23. The highest BCUT2D eigenvalue weighted by Crippen LogP contribution is 2.35. The Bertz CT molecular complexity index is 373. The van der Waals surface area contributed by atoms with Crippen LogP contribution in [-0.4, -0.2) is 22.3 Å². The van der Waals surface area contributed by atoms with Crippen LogP contribution in [0.3, 0.4) is 0 Å². The molecule has 1 saturated carbocycles. The number of aliphatic hydroxyl groups excluding tert-OH is 1. The van der Waals surface area contributed by atoms with Crippen molar-refractivity contribution in [3.8, 4) is 0 Å². The normalized spacial score (nSPS) is 25.4. The van der Waals surface area contributed by atoms with Crippen molar-refractivity contribution in [1.82, 2.24) is 0 Å². The van der Waals surface area contributed by atoms with Gasteiger partial charge in [0, 0.05) is 0 Å². The molecule has 1 aliphatic rings. The van der Waals surface area contributed by atoms with E-state index in [9.17, 15) is 9.90 Å². The van der Waals surface area contributed by atoms with Crippen LogP contribution in [0.4, 0.5) is 0 Å². The first kappa shape index (κ1) is 10.2. The van der Waals surface area contributed by atoms with E-state index in [1.165, 1.54) is 0 Å². The maximum absolute atomic E-state index is 11.0. The number of hydrogen-bond donors (Lipinski definition) is 2. The van der Waals surface area contributed by atoms with Crippen LogP contribution in [-0.2, 0) is 0 Å². The van der Waals surface area contributed by atoms with Crippen molar-refractivity contribution in [3.63, 3.8) is 0 Å². The second-order valence-corrected chi connectivity index (χ2v) is 4.06. The Morgan fingerprint density at radius 3 is 2.60 bits per heavy atom. The molecule has 2 unspecified atom stereocenters. The Labute approximate surface area is 88.4 Å². The van der Waals surface area contributed by atoms with Crippen LogP contribution in [0.1, 0.15) is 41.1 Å². The van der Waals surface area contributed by atoms with Crippen molar-refractivity contribution in [1.29, 1.82) is 0 Å². The van der Waals surface area contributed by atoms with Crippen molar-refractivity contribution in [3.05, 3.63) is 35.4 Å². The summed E-state index contributed by atoms with van der Waals surface area (Å²) in [5.74, 6) is -0.681. The van der Waals surface area contributed by atoms with Gasteiger partial charge in [0.05, 0.1) is 11.7 Å². The van der Waals surface area contributed by atoms with Crippen molar-refractivity contribution >= 4 is 5.97 Å². The van der Waals surface area contributed by atoms with Gasteiger partial charge in [-0.1, -0.05) is 18.2 Å². The van der Waals surface area contributed by atoms with E-state index >= 15 is 0 Å². The van der Waals surface area contributed by atoms with E-state index in [0.29, 0.717) is 12.0 Å². The number of carboxylic acids is 1. The summed E-state index contributed by atoms with van der Waals surface area (Å²) in [6.07, 6.45) is 2.07. The lowest BCUT2D eigenvalue weighted by Gasteiger charge is -2.12. The Kier molecular flexibility index (Phi) is 2.73. The second kappa shape index (κ2) is 4.03. The Balaban J connectivity index is 2.31. The van der Waals surface area contributed by atoms with E-state index in [0.717, 1.165) is 18.4 Å². The van der Waals surface area contributed by atoms with Gasteiger partial charge in [0.2, 0.25) is 0 Å². The van der Waals surface area contributed by atoms with Crippen LogP contribution in [0.15, 0.2) is 24.3 Å². The van der Waals surface area contributed by atoms with Gasteiger partial charge in [-0.3, -0.25) is 0 Å². The highest BCUT2D eigenvalue weighted by molar-refractivity contribution is 5.89. The van der Waals surface area contributed by atoms with Gasteiger partial charge in [0.1, 0.15) is 0 Å². The molecule has 15 heavy (non-hydrogen) atoms. The second-order valence-electron chi connectivity index (χ2n) is 4.06. The first-order valence-corrected chi connectivity index (χ1v) is 5.18. The number of aliphatic hydroxyl groups is 1. The lowest BCUT2D eigenvalue weighted by atomic mass is 9.93. The van der Waals surface area contributed by atoms with Crippen LogP contribution in [0.25, 0.3) is 0 Å². The summed E-state index contributed by atoms with van der Waals surface area (Å²) >= 11 is 0. The zero-order valence-electron chi connectivity index (χ0n) is 8.39. The number of rotatable bonds is 2. The highest BCUT2D eigenvalue weighted by Gasteiger charge is 2.26. The van der Waals surface area contributed by atoms with E-state index in [2.05, 4.69) is 0 Å². The average molecular weight is 206 g/mol. The molecule has 0 saturated heterocycles. The third-order valence-electron chi connectivity index (χ3n) is 3.04. The molecule has 2 rings (SSSR count). The fraction of sp³-hybridized carbons (Fsp3) is 0.417. The van der Waals surface area contributed by atoms with E-state index in [4.69, 9.17) is 5.11 Å². The minimum atomic E-state index is -0.882. The lowest BCUT2D eigenvalue weighted by molar-refractivity contribution is 0.0695. The van der Waals surface area contributed by atoms with Crippen LogP contribution in [0.2, 0.25) is 0 Å². The van der Waals surface area contributed by atoms with E-state index < -0.39 is 5.97 Å². The minimum absolute atomic E-state index is 0.201. The topological polar surface area (TPSA) is 57.5 Å². The molecule has 1 aromatic carbocycles. The molecule has 1 aromatic rings. The monoisotopic (exact) mass is 206 g/mol. The fourth-order valence-electron chi connectivity index (χ4n) is 2.29. The Morgan fingerprint density at radius 1 is 1.27 bits per heavy atom. The summed E-state index contributed by atoms with van der Waals surface area (Å²) in [7, 11) is 0. The molecule has 0 bridgehead atoms. The average Bonchev–Trinajstić information content (AvgIpc) is 2.65. The molecule has 0 radical (unpaired) electrons. The van der Waals surface area contributed by atoms with Gasteiger partial charge >= 0.3 is 5.97 Å². The van der Waals surface area contributed by atoms with Crippen molar-refractivity contribution in [2.45, 2.75) is 31.3 Å². The summed E-state index contributed by atoms with van der Waals surface area (Å²) in [6.45, 7) is 0. The molecule has 2 N–H and O–H groups in total. The van der Waals surface area contributed by atoms with Gasteiger partial charge in [-0.2, -0.15) is 0 Å². The third-order valence-corrected chi connectivity index (χ3v) is 3.04. The molecule has 0 heterocycles. The molecule has 0 amide bonds. The summed E-state index contributed by atoms with van der Waals surface area (Å²) in [5, 5.41) is 18.5. The molecule has 2 atom stereocenters. The molecule has 0 aromatic heterocycles. The molecule has 1 aliphatic carbocycles. The van der Waals surface area contributed by atoms with E-state index in [1.807, 2.05) is 12.1 Å².